The average Bonchev–Trinajstić information content (AvgIpc) is 3.01. The molecule has 1 aliphatic rings. The Kier molecular flexibility index (Phi) is 5.73. The third kappa shape index (κ3) is 3.88. The zero-order valence-electron chi connectivity index (χ0n) is 13.7. The van der Waals surface area contributed by atoms with Crippen molar-refractivity contribution in [3.05, 3.63) is 30.3 Å². The Labute approximate surface area is 136 Å². The standard InChI is InChI=1S/C17H24N4O2/c1-3-5-11-20(4-2)17(23)14-12-15(16(18)22)21(19-14)13-9-7-6-8-10-13/h6-10,15H,3-5,11-12H2,1-2H3,(H2,18,22). The van der Waals surface area contributed by atoms with Crippen molar-refractivity contribution < 1.29 is 9.59 Å². The second kappa shape index (κ2) is 7.76. The van der Waals surface area contributed by atoms with Gasteiger partial charge in [0.2, 0.25) is 5.91 Å². The monoisotopic (exact) mass is 316 g/mol. The number of hydrazone groups is 1. The number of unbranched alkanes of at least 4 members (excludes halogenated alkanes) is 1. The summed E-state index contributed by atoms with van der Waals surface area (Å²) in [5, 5.41) is 5.95. The summed E-state index contributed by atoms with van der Waals surface area (Å²) >= 11 is 0. The van der Waals surface area contributed by atoms with E-state index in [2.05, 4.69) is 12.0 Å². The van der Waals surface area contributed by atoms with E-state index in [1.54, 1.807) is 9.91 Å². The topological polar surface area (TPSA) is 79.0 Å². The highest BCUT2D eigenvalue weighted by molar-refractivity contribution is 6.40. The second-order valence-corrected chi connectivity index (χ2v) is 5.59. The first-order chi connectivity index (χ1) is 11.1. The first-order valence-electron chi connectivity index (χ1n) is 8.08. The van der Waals surface area contributed by atoms with Crippen LogP contribution in [-0.4, -0.2) is 41.6 Å². The molecule has 1 heterocycles. The van der Waals surface area contributed by atoms with Gasteiger partial charge < -0.3 is 10.6 Å². The molecule has 0 aromatic heterocycles. The van der Waals surface area contributed by atoms with Gasteiger partial charge in [-0.15, -0.1) is 0 Å². The molecule has 0 aliphatic carbocycles. The molecule has 1 atom stereocenters. The predicted octanol–water partition coefficient (Wildman–Crippen LogP) is 1.76. The molecule has 0 radical (unpaired) electrons. The second-order valence-electron chi connectivity index (χ2n) is 5.59. The van der Waals surface area contributed by atoms with E-state index in [1.807, 2.05) is 37.3 Å². The van der Waals surface area contributed by atoms with Crippen molar-refractivity contribution in [2.45, 2.75) is 39.2 Å². The lowest BCUT2D eigenvalue weighted by Gasteiger charge is -2.20. The third-order valence-corrected chi connectivity index (χ3v) is 3.96. The Bertz CT molecular complexity index is 586. The average molecular weight is 316 g/mol. The Morgan fingerprint density at radius 1 is 1.30 bits per heavy atom. The molecule has 1 aliphatic heterocycles. The largest absolute Gasteiger partial charge is 0.368 e. The van der Waals surface area contributed by atoms with Gasteiger partial charge in [-0.05, 0) is 25.5 Å². The van der Waals surface area contributed by atoms with Crippen LogP contribution in [0, 0.1) is 0 Å². The summed E-state index contributed by atoms with van der Waals surface area (Å²) in [7, 11) is 0. The first-order valence-corrected chi connectivity index (χ1v) is 8.08. The summed E-state index contributed by atoms with van der Waals surface area (Å²) in [6.07, 6.45) is 2.23. The van der Waals surface area contributed by atoms with E-state index < -0.39 is 11.9 Å². The van der Waals surface area contributed by atoms with Crippen molar-refractivity contribution in [1.82, 2.24) is 4.90 Å². The van der Waals surface area contributed by atoms with Crippen LogP contribution in [0.25, 0.3) is 0 Å². The predicted molar refractivity (Wildman–Crippen MR) is 91.1 cm³/mol. The van der Waals surface area contributed by atoms with Gasteiger partial charge in [0.1, 0.15) is 11.8 Å². The lowest BCUT2D eigenvalue weighted by atomic mass is 10.1. The zero-order valence-corrected chi connectivity index (χ0v) is 13.7. The van der Waals surface area contributed by atoms with Crippen molar-refractivity contribution in [3.8, 4) is 0 Å². The summed E-state index contributed by atoms with van der Waals surface area (Å²) in [5.74, 6) is -0.581. The third-order valence-electron chi connectivity index (χ3n) is 3.96. The number of carbonyl (C=O) groups is 2. The Morgan fingerprint density at radius 3 is 2.57 bits per heavy atom. The molecular weight excluding hydrogens is 292 g/mol. The molecule has 2 amide bonds. The van der Waals surface area contributed by atoms with Crippen LogP contribution in [0.15, 0.2) is 35.4 Å². The molecule has 0 saturated heterocycles. The number of benzene rings is 1. The van der Waals surface area contributed by atoms with Crippen LogP contribution in [0.1, 0.15) is 33.1 Å². The molecule has 6 nitrogen and oxygen atoms in total. The van der Waals surface area contributed by atoms with Gasteiger partial charge in [-0.3, -0.25) is 14.6 Å². The number of rotatable bonds is 7. The summed E-state index contributed by atoms with van der Waals surface area (Å²) in [6.45, 7) is 5.37. The Hall–Kier alpha value is -2.37. The number of nitrogens with two attached hydrogens (primary N) is 1. The van der Waals surface area contributed by atoms with Crippen LogP contribution in [-0.2, 0) is 9.59 Å². The summed E-state index contributed by atoms with van der Waals surface area (Å²) in [4.78, 5) is 26.2. The number of anilines is 1. The van der Waals surface area contributed by atoms with Gasteiger partial charge in [-0.2, -0.15) is 5.10 Å². The molecule has 6 heteroatoms. The minimum absolute atomic E-state index is 0.106. The van der Waals surface area contributed by atoms with E-state index in [-0.39, 0.29) is 12.3 Å². The van der Waals surface area contributed by atoms with Crippen molar-refractivity contribution in [2.75, 3.05) is 18.1 Å². The van der Waals surface area contributed by atoms with E-state index in [4.69, 9.17) is 5.73 Å². The molecule has 23 heavy (non-hydrogen) atoms. The Balaban J connectivity index is 2.22. The molecule has 0 fully saturated rings. The zero-order chi connectivity index (χ0) is 16.8. The first kappa shape index (κ1) is 17.0. The van der Waals surface area contributed by atoms with E-state index >= 15 is 0 Å². The van der Waals surface area contributed by atoms with Gasteiger partial charge in [0.15, 0.2) is 0 Å². The van der Waals surface area contributed by atoms with E-state index in [0.717, 1.165) is 18.5 Å². The van der Waals surface area contributed by atoms with E-state index in [1.165, 1.54) is 0 Å². The fourth-order valence-corrected chi connectivity index (χ4v) is 2.61. The molecule has 1 unspecified atom stereocenters. The van der Waals surface area contributed by atoms with Gasteiger partial charge in [0, 0.05) is 19.5 Å². The number of hydrogen-bond donors (Lipinski definition) is 1. The lowest BCUT2D eigenvalue weighted by Crippen LogP contribution is -2.40. The molecule has 2 N–H and O–H groups in total. The van der Waals surface area contributed by atoms with Crippen molar-refractivity contribution in [3.63, 3.8) is 0 Å². The molecule has 124 valence electrons. The number of primary amides is 1. The molecule has 0 bridgehead atoms. The fourth-order valence-electron chi connectivity index (χ4n) is 2.61. The maximum atomic E-state index is 12.6. The number of nitrogens with zero attached hydrogens (tertiary/aromatic N) is 3. The smallest absolute Gasteiger partial charge is 0.270 e. The number of amides is 2. The number of hydrogen-bond acceptors (Lipinski definition) is 4. The number of para-hydroxylation sites is 1. The Morgan fingerprint density at radius 2 is 2.00 bits per heavy atom. The molecule has 0 saturated carbocycles. The van der Waals surface area contributed by atoms with Crippen LogP contribution in [0.5, 0.6) is 0 Å². The maximum absolute atomic E-state index is 12.6. The highest BCUT2D eigenvalue weighted by Crippen LogP contribution is 2.24. The minimum Gasteiger partial charge on any atom is -0.368 e. The molecule has 1 aromatic rings. The van der Waals surface area contributed by atoms with Gasteiger partial charge >= 0.3 is 0 Å². The number of carbonyl (C=O) groups excluding carboxylic acids is 2. The summed E-state index contributed by atoms with van der Waals surface area (Å²) < 4.78 is 0. The summed E-state index contributed by atoms with van der Waals surface area (Å²) in [5.41, 5.74) is 6.66. The van der Waals surface area contributed by atoms with Crippen LogP contribution in [0.4, 0.5) is 5.69 Å². The van der Waals surface area contributed by atoms with E-state index in [0.29, 0.717) is 18.8 Å². The minimum atomic E-state index is -0.610. The highest BCUT2D eigenvalue weighted by Gasteiger charge is 2.36. The van der Waals surface area contributed by atoms with Crippen LogP contribution >= 0.6 is 0 Å². The maximum Gasteiger partial charge on any atom is 0.270 e. The normalized spacial score (nSPS) is 17.0. The van der Waals surface area contributed by atoms with E-state index in [9.17, 15) is 9.59 Å². The van der Waals surface area contributed by atoms with Crippen molar-refractivity contribution in [2.24, 2.45) is 10.8 Å². The van der Waals surface area contributed by atoms with Gasteiger partial charge in [-0.1, -0.05) is 31.5 Å². The lowest BCUT2D eigenvalue weighted by molar-refractivity contribution is -0.124. The molecular formula is C17H24N4O2. The van der Waals surface area contributed by atoms with Crippen LogP contribution in [0.2, 0.25) is 0 Å². The van der Waals surface area contributed by atoms with Crippen molar-refractivity contribution >= 4 is 23.2 Å². The fraction of sp³-hybridized carbons (Fsp3) is 0.471. The van der Waals surface area contributed by atoms with Crippen LogP contribution < -0.4 is 10.7 Å². The molecule has 2 rings (SSSR count). The molecule has 1 aromatic carbocycles. The van der Waals surface area contributed by atoms with Gasteiger partial charge in [-0.25, -0.2) is 0 Å². The van der Waals surface area contributed by atoms with Gasteiger partial charge in [0.05, 0.1) is 5.69 Å². The van der Waals surface area contributed by atoms with Crippen LogP contribution in [0.3, 0.4) is 0 Å². The SMILES string of the molecule is CCCCN(CC)C(=O)C1=NN(c2ccccc2)C(C(N)=O)C1. The highest BCUT2D eigenvalue weighted by atomic mass is 16.2. The quantitative estimate of drug-likeness (QED) is 0.832. The molecule has 0 spiro atoms. The van der Waals surface area contributed by atoms with Gasteiger partial charge in [0.25, 0.3) is 5.91 Å². The van der Waals surface area contributed by atoms with Crippen molar-refractivity contribution in [1.29, 1.82) is 0 Å². The summed E-state index contributed by atoms with van der Waals surface area (Å²) in [6, 6.07) is 8.70.